The van der Waals surface area contributed by atoms with Crippen molar-refractivity contribution in [2.75, 3.05) is 20.2 Å². The van der Waals surface area contributed by atoms with Gasteiger partial charge in [-0.2, -0.15) is 0 Å². The van der Waals surface area contributed by atoms with Gasteiger partial charge in [-0.1, -0.05) is 41.9 Å². The van der Waals surface area contributed by atoms with Crippen LogP contribution < -0.4 is 15.4 Å². The standard InChI is InChI=1S/C19H24ClN3O2.HI/c1-3-21-19(22-12-14-7-6-8-15(11-14)25-2)23-13-18(24)16-9-4-5-10-17(16)20;/h4-11,18,24H,3,12-13H2,1-2H3,(H2,21,22,23);1H. The molecule has 0 aliphatic rings. The molecule has 2 rings (SSSR count). The lowest BCUT2D eigenvalue weighted by molar-refractivity contribution is 0.181. The van der Waals surface area contributed by atoms with Crippen molar-refractivity contribution in [3.05, 3.63) is 64.7 Å². The Morgan fingerprint density at radius 2 is 1.96 bits per heavy atom. The highest BCUT2D eigenvalue weighted by atomic mass is 127. The van der Waals surface area contributed by atoms with Crippen molar-refractivity contribution in [2.24, 2.45) is 4.99 Å². The van der Waals surface area contributed by atoms with Crippen LogP contribution in [0.4, 0.5) is 0 Å². The molecule has 0 radical (unpaired) electrons. The number of guanidine groups is 1. The van der Waals surface area contributed by atoms with Gasteiger partial charge >= 0.3 is 0 Å². The predicted molar refractivity (Wildman–Crippen MR) is 118 cm³/mol. The molecule has 7 heteroatoms. The highest BCUT2D eigenvalue weighted by molar-refractivity contribution is 14.0. The fourth-order valence-electron chi connectivity index (χ4n) is 2.33. The first kappa shape index (κ1) is 22.5. The van der Waals surface area contributed by atoms with Crippen LogP contribution in [0.3, 0.4) is 0 Å². The Bertz CT molecular complexity index is 713. The first-order chi connectivity index (χ1) is 12.1. The molecule has 142 valence electrons. The van der Waals surface area contributed by atoms with Gasteiger partial charge in [-0.15, -0.1) is 24.0 Å². The van der Waals surface area contributed by atoms with Crippen LogP contribution in [0.2, 0.25) is 5.02 Å². The zero-order chi connectivity index (χ0) is 18.1. The summed E-state index contributed by atoms with van der Waals surface area (Å²) in [7, 11) is 1.64. The van der Waals surface area contributed by atoms with Gasteiger partial charge in [0.05, 0.1) is 19.8 Å². The molecule has 0 aromatic heterocycles. The van der Waals surface area contributed by atoms with Gasteiger partial charge in [0.2, 0.25) is 0 Å². The van der Waals surface area contributed by atoms with E-state index >= 15 is 0 Å². The Hall–Kier alpha value is -1.51. The number of halogens is 2. The van der Waals surface area contributed by atoms with Gasteiger partial charge in [-0.3, -0.25) is 0 Å². The van der Waals surface area contributed by atoms with E-state index in [4.69, 9.17) is 16.3 Å². The number of aliphatic imine (C=N–C) groups is 1. The Morgan fingerprint density at radius 1 is 1.19 bits per heavy atom. The third-order valence-electron chi connectivity index (χ3n) is 3.63. The van der Waals surface area contributed by atoms with Crippen LogP contribution in [0.1, 0.15) is 24.2 Å². The molecule has 0 spiro atoms. The number of nitrogens with one attached hydrogen (secondary N) is 2. The van der Waals surface area contributed by atoms with E-state index < -0.39 is 6.10 Å². The van der Waals surface area contributed by atoms with E-state index in [0.717, 1.165) is 17.9 Å². The van der Waals surface area contributed by atoms with Crippen molar-refractivity contribution in [1.82, 2.24) is 10.6 Å². The molecule has 0 saturated carbocycles. The third-order valence-corrected chi connectivity index (χ3v) is 3.97. The SMILES string of the molecule is CCNC(=NCc1cccc(OC)c1)NCC(O)c1ccccc1Cl.I. The average Bonchev–Trinajstić information content (AvgIpc) is 2.64. The Labute approximate surface area is 176 Å². The molecule has 0 bridgehead atoms. The zero-order valence-corrected chi connectivity index (χ0v) is 18.0. The Morgan fingerprint density at radius 3 is 2.65 bits per heavy atom. The highest BCUT2D eigenvalue weighted by Gasteiger charge is 2.11. The molecule has 2 aromatic carbocycles. The number of aliphatic hydroxyl groups is 1. The van der Waals surface area contributed by atoms with Crippen LogP contribution in [0.25, 0.3) is 0 Å². The van der Waals surface area contributed by atoms with E-state index in [0.29, 0.717) is 29.6 Å². The molecule has 1 unspecified atom stereocenters. The summed E-state index contributed by atoms with van der Waals surface area (Å²) in [5.41, 5.74) is 1.74. The van der Waals surface area contributed by atoms with E-state index in [1.165, 1.54) is 0 Å². The summed E-state index contributed by atoms with van der Waals surface area (Å²) in [6.07, 6.45) is -0.714. The fourth-order valence-corrected chi connectivity index (χ4v) is 2.59. The second-order valence-electron chi connectivity index (χ2n) is 5.46. The number of hydrogen-bond acceptors (Lipinski definition) is 3. The predicted octanol–water partition coefficient (Wildman–Crippen LogP) is 3.76. The largest absolute Gasteiger partial charge is 0.497 e. The molecule has 0 heterocycles. The van der Waals surface area contributed by atoms with Gasteiger partial charge in [0.15, 0.2) is 5.96 Å². The van der Waals surface area contributed by atoms with Gasteiger partial charge in [0, 0.05) is 23.7 Å². The lowest BCUT2D eigenvalue weighted by Crippen LogP contribution is -2.39. The lowest BCUT2D eigenvalue weighted by Gasteiger charge is -2.16. The number of nitrogens with zero attached hydrogens (tertiary/aromatic N) is 1. The molecule has 3 N–H and O–H groups in total. The van der Waals surface area contributed by atoms with Gasteiger partial charge in [0.1, 0.15) is 5.75 Å². The quantitative estimate of drug-likeness (QED) is 0.315. The molecule has 0 fully saturated rings. The molecule has 0 amide bonds. The van der Waals surface area contributed by atoms with Crippen molar-refractivity contribution in [3.8, 4) is 5.75 Å². The number of hydrogen-bond donors (Lipinski definition) is 3. The topological polar surface area (TPSA) is 65.9 Å². The summed E-state index contributed by atoms with van der Waals surface area (Å²) in [4.78, 5) is 4.54. The van der Waals surface area contributed by atoms with E-state index in [1.807, 2.05) is 49.4 Å². The maximum Gasteiger partial charge on any atom is 0.191 e. The van der Waals surface area contributed by atoms with Crippen molar-refractivity contribution >= 4 is 41.5 Å². The van der Waals surface area contributed by atoms with Crippen molar-refractivity contribution in [3.63, 3.8) is 0 Å². The molecule has 2 aromatic rings. The first-order valence-electron chi connectivity index (χ1n) is 8.21. The summed E-state index contributed by atoms with van der Waals surface area (Å²) < 4.78 is 5.22. The van der Waals surface area contributed by atoms with E-state index in [1.54, 1.807) is 13.2 Å². The van der Waals surface area contributed by atoms with E-state index in [2.05, 4.69) is 15.6 Å². The summed E-state index contributed by atoms with van der Waals surface area (Å²) in [6.45, 7) is 3.54. The molecule has 5 nitrogen and oxygen atoms in total. The van der Waals surface area contributed by atoms with Crippen LogP contribution in [0.5, 0.6) is 5.75 Å². The van der Waals surface area contributed by atoms with Crippen LogP contribution in [0, 0.1) is 0 Å². The molecule has 1 atom stereocenters. The molecule has 0 aliphatic heterocycles. The normalized spacial score (nSPS) is 12.1. The Balaban J connectivity index is 0.00000338. The van der Waals surface area contributed by atoms with Crippen LogP contribution in [0.15, 0.2) is 53.5 Å². The summed E-state index contributed by atoms with van der Waals surface area (Å²) >= 11 is 6.12. The van der Waals surface area contributed by atoms with Gasteiger partial charge in [-0.05, 0) is 30.7 Å². The first-order valence-corrected chi connectivity index (χ1v) is 8.59. The molecule has 26 heavy (non-hydrogen) atoms. The van der Waals surface area contributed by atoms with Crippen LogP contribution in [-0.4, -0.2) is 31.3 Å². The van der Waals surface area contributed by atoms with Gasteiger partial charge < -0.3 is 20.5 Å². The lowest BCUT2D eigenvalue weighted by atomic mass is 10.1. The number of rotatable bonds is 7. The minimum atomic E-state index is -0.714. The van der Waals surface area contributed by atoms with Crippen molar-refractivity contribution < 1.29 is 9.84 Å². The zero-order valence-electron chi connectivity index (χ0n) is 14.9. The van der Waals surface area contributed by atoms with Crippen molar-refractivity contribution in [2.45, 2.75) is 19.6 Å². The van der Waals surface area contributed by atoms with Gasteiger partial charge in [0.25, 0.3) is 0 Å². The summed E-state index contributed by atoms with van der Waals surface area (Å²) in [5, 5.41) is 17.2. The molecule has 0 aliphatic carbocycles. The van der Waals surface area contributed by atoms with E-state index in [-0.39, 0.29) is 24.0 Å². The van der Waals surface area contributed by atoms with Crippen LogP contribution >= 0.6 is 35.6 Å². The fraction of sp³-hybridized carbons (Fsp3) is 0.316. The monoisotopic (exact) mass is 489 g/mol. The highest BCUT2D eigenvalue weighted by Crippen LogP contribution is 2.21. The minimum absolute atomic E-state index is 0. The molecule has 0 saturated heterocycles. The average molecular weight is 490 g/mol. The number of benzene rings is 2. The summed E-state index contributed by atoms with van der Waals surface area (Å²) in [6, 6.07) is 15.1. The number of ether oxygens (including phenoxy) is 1. The number of aliphatic hydroxyl groups excluding tert-OH is 1. The third kappa shape index (κ3) is 7.01. The number of methoxy groups -OCH3 is 1. The van der Waals surface area contributed by atoms with E-state index in [9.17, 15) is 5.11 Å². The smallest absolute Gasteiger partial charge is 0.191 e. The Kier molecular flexibility index (Phi) is 10.4. The van der Waals surface area contributed by atoms with Crippen molar-refractivity contribution in [1.29, 1.82) is 0 Å². The van der Waals surface area contributed by atoms with Gasteiger partial charge in [-0.25, -0.2) is 4.99 Å². The van der Waals surface area contributed by atoms with Crippen LogP contribution in [-0.2, 0) is 6.54 Å². The maximum absolute atomic E-state index is 10.3. The molecular weight excluding hydrogens is 465 g/mol. The maximum atomic E-state index is 10.3. The summed E-state index contributed by atoms with van der Waals surface area (Å²) in [5.74, 6) is 1.44. The minimum Gasteiger partial charge on any atom is -0.497 e. The second kappa shape index (κ2) is 12.0. The second-order valence-corrected chi connectivity index (χ2v) is 5.87. The molecular formula is C19H25ClIN3O2.